The predicted octanol–water partition coefficient (Wildman–Crippen LogP) is 2.15. The van der Waals surface area contributed by atoms with E-state index in [1.807, 2.05) is 6.92 Å². The molecule has 0 spiro atoms. The van der Waals surface area contributed by atoms with Crippen molar-refractivity contribution in [3.05, 3.63) is 29.8 Å². The largest absolute Gasteiger partial charge is 0.383 e. The van der Waals surface area contributed by atoms with Crippen molar-refractivity contribution in [2.75, 3.05) is 26.8 Å². The first-order valence-electron chi connectivity index (χ1n) is 6.46. The van der Waals surface area contributed by atoms with Gasteiger partial charge in [-0.3, -0.25) is 14.7 Å². The number of aromatic nitrogens is 1. The molecule has 1 rings (SSSR count). The van der Waals surface area contributed by atoms with Crippen LogP contribution in [0.1, 0.15) is 30.8 Å². The lowest BCUT2D eigenvalue weighted by atomic mass is 10.1. The van der Waals surface area contributed by atoms with E-state index in [9.17, 15) is 9.18 Å². The Labute approximate surface area is 113 Å². The van der Waals surface area contributed by atoms with E-state index >= 15 is 0 Å². The lowest BCUT2D eigenvalue weighted by Gasteiger charge is -2.26. The number of nitrogens with zero attached hydrogens (tertiary/aromatic N) is 2. The number of hydrogen-bond acceptors (Lipinski definition) is 4. The smallest absolute Gasteiger partial charge is 0.182 e. The molecule has 4 nitrogen and oxygen atoms in total. The number of likely N-dealkylation sites (N-methyl/N-ethyl adjacent to an activating group) is 1. The van der Waals surface area contributed by atoms with Crippen molar-refractivity contribution in [2.24, 2.45) is 0 Å². The first kappa shape index (κ1) is 15.7. The second kappa shape index (κ2) is 7.96. The molecule has 5 heteroatoms. The van der Waals surface area contributed by atoms with Crippen LogP contribution in [0.2, 0.25) is 0 Å². The zero-order chi connectivity index (χ0) is 14.3. The minimum Gasteiger partial charge on any atom is -0.383 e. The maximum atomic E-state index is 12.7. The Hall–Kier alpha value is -1.33. The van der Waals surface area contributed by atoms with Gasteiger partial charge in [0.2, 0.25) is 0 Å². The van der Waals surface area contributed by atoms with Crippen molar-refractivity contribution >= 4 is 5.78 Å². The first-order chi connectivity index (χ1) is 9.08. The number of halogens is 1. The van der Waals surface area contributed by atoms with Crippen LogP contribution in [-0.4, -0.2) is 48.5 Å². The highest BCUT2D eigenvalue weighted by atomic mass is 19.1. The lowest BCUT2D eigenvalue weighted by Crippen LogP contribution is -2.37. The standard InChI is InChI=1S/C14H21FN2O2/c1-4-17(11(2)10-19-3)8-7-14(18)13-6-5-12(15)9-16-13/h5-6,9,11H,4,7-8,10H2,1-3H3. The Morgan fingerprint density at radius 1 is 1.53 bits per heavy atom. The molecule has 0 aromatic carbocycles. The highest BCUT2D eigenvalue weighted by Crippen LogP contribution is 2.05. The maximum absolute atomic E-state index is 12.7. The SMILES string of the molecule is CCN(CCC(=O)c1ccc(F)cn1)C(C)COC. The van der Waals surface area contributed by atoms with Gasteiger partial charge in [-0.25, -0.2) is 4.39 Å². The van der Waals surface area contributed by atoms with Crippen LogP contribution < -0.4 is 0 Å². The van der Waals surface area contributed by atoms with Gasteiger partial charge in [-0.15, -0.1) is 0 Å². The second-order valence-corrected chi connectivity index (χ2v) is 4.47. The summed E-state index contributed by atoms with van der Waals surface area (Å²) in [6.07, 6.45) is 1.44. The van der Waals surface area contributed by atoms with Crippen LogP contribution in [0.5, 0.6) is 0 Å². The van der Waals surface area contributed by atoms with E-state index in [4.69, 9.17) is 4.74 Å². The molecule has 1 aromatic rings. The van der Waals surface area contributed by atoms with Gasteiger partial charge >= 0.3 is 0 Å². The van der Waals surface area contributed by atoms with Crippen molar-refractivity contribution < 1.29 is 13.9 Å². The maximum Gasteiger partial charge on any atom is 0.182 e. The van der Waals surface area contributed by atoms with E-state index in [0.29, 0.717) is 25.3 Å². The molecule has 0 aliphatic rings. The van der Waals surface area contributed by atoms with Gasteiger partial charge in [0.05, 0.1) is 12.8 Å². The van der Waals surface area contributed by atoms with E-state index in [1.54, 1.807) is 7.11 Å². The van der Waals surface area contributed by atoms with Crippen LogP contribution in [0.15, 0.2) is 18.3 Å². The number of methoxy groups -OCH3 is 1. The Bertz CT molecular complexity index is 395. The van der Waals surface area contributed by atoms with Gasteiger partial charge in [0, 0.05) is 26.1 Å². The quantitative estimate of drug-likeness (QED) is 0.678. The fourth-order valence-corrected chi connectivity index (χ4v) is 1.95. The van der Waals surface area contributed by atoms with Crippen LogP contribution in [0.3, 0.4) is 0 Å². The number of carbonyl (C=O) groups excluding carboxylic acids is 1. The van der Waals surface area contributed by atoms with Gasteiger partial charge in [-0.1, -0.05) is 6.92 Å². The summed E-state index contributed by atoms with van der Waals surface area (Å²) in [7, 11) is 1.66. The average Bonchev–Trinajstić information content (AvgIpc) is 2.40. The van der Waals surface area contributed by atoms with Crippen molar-refractivity contribution in [1.29, 1.82) is 0 Å². The molecule has 0 radical (unpaired) electrons. The second-order valence-electron chi connectivity index (χ2n) is 4.47. The molecule has 1 unspecified atom stereocenters. The van der Waals surface area contributed by atoms with Crippen LogP contribution in [0.4, 0.5) is 4.39 Å². The number of rotatable bonds is 8. The average molecular weight is 268 g/mol. The summed E-state index contributed by atoms with van der Waals surface area (Å²) in [5, 5.41) is 0. The summed E-state index contributed by atoms with van der Waals surface area (Å²) in [5.74, 6) is -0.497. The molecule has 0 bridgehead atoms. The Morgan fingerprint density at radius 3 is 2.79 bits per heavy atom. The molecule has 1 heterocycles. The van der Waals surface area contributed by atoms with Crippen LogP contribution in [0.25, 0.3) is 0 Å². The number of carbonyl (C=O) groups is 1. The molecule has 1 aromatic heterocycles. The van der Waals surface area contributed by atoms with E-state index in [-0.39, 0.29) is 11.8 Å². The number of Topliss-reactive ketones (excluding diaryl/α,β-unsaturated/α-hetero) is 1. The molecule has 0 aliphatic heterocycles. The zero-order valence-electron chi connectivity index (χ0n) is 11.7. The molecule has 0 aliphatic carbocycles. The normalized spacial score (nSPS) is 12.7. The summed E-state index contributed by atoms with van der Waals surface area (Å²) in [6.45, 7) is 6.25. The molecular formula is C14H21FN2O2. The summed E-state index contributed by atoms with van der Waals surface area (Å²) in [4.78, 5) is 17.9. The van der Waals surface area contributed by atoms with E-state index < -0.39 is 5.82 Å². The minimum absolute atomic E-state index is 0.0666. The van der Waals surface area contributed by atoms with E-state index in [1.165, 1.54) is 12.1 Å². The molecule has 0 amide bonds. The number of ketones is 1. The van der Waals surface area contributed by atoms with Gasteiger partial charge in [0.25, 0.3) is 0 Å². The molecule has 0 saturated carbocycles. The molecule has 0 saturated heterocycles. The molecule has 19 heavy (non-hydrogen) atoms. The van der Waals surface area contributed by atoms with Crippen molar-refractivity contribution in [3.63, 3.8) is 0 Å². The van der Waals surface area contributed by atoms with Gasteiger partial charge < -0.3 is 4.74 Å². The summed E-state index contributed by atoms with van der Waals surface area (Å²) in [5.41, 5.74) is 0.317. The fraction of sp³-hybridized carbons (Fsp3) is 0.571. The Balaban J connectivity index is 2.50. The Morgan fingerprint density at radius 2 is 2.26 bits per heavy atom. The number of ether oxygens (including phenoxy) is 1. The summed E-state index contributed by atoms with van der Waals surface area (Å²) >= 11 is 0. The zero-order valence-corrected chi connectivity index (χ0v) is 11.7. The van der Waals surface area contributed by atoms with Crippen molar-refractivity contribution in [3.8, 4) is 0 Å². The molecule has 1 atom stereocenters. The minimum atomic E-state index is -0.430. The van der Waals surface area contributed by atoms with Gasteiger partial charge in [-0.2, -0.15) is 0 Å². The molecule has 0 N–H and O–H groups in total. The third-order valence-electron chi connectivity index (χ3n) is 3.08. The monoisotopic (exact) mass is 268 g/mol. The van der Waals surface area contributed by atoms with Crippen molar-refractivity contribution in [1.82, 2.24) is 9.88 Å². The van der Waals surface area contributed by atoms with Gasteiger partial charge in [0.15, 0.2) is 5.78 Å². The van der Waals surface area contributed by atoms with Crippen LogP contribution in [0, 0.1) is 5.82 Å². The highest BCUT2D eigenvalue weighted by molar-refractivity contribution is 5.94. The molecule has 106 valence electrons. The topological polar surface area (TPSA) is 42.4 Å². The number of pyridine rings is 1. The third-order valence-corrected chi connectivity index (χ3v) is 3.08. The fourth-order valence-electron chi connectivity index (χ4n) is 1.95. The van der Waals surface area contributed by atoms with Crippen molar-refractivity contribution in [2.45, 2.75) is 26.3 Å². The van der Waals surface area contributed by atoms with E-state index in [2.05, 4.69) is 16.8 Å². The Kier molecular flexibility index (Phi) is 6.59. The van der Waals surface area contributed by atoms with Crippen LogP contribution >= 0.6 is 0 Å². The predicted molar refractivity (Wildman–Crippen MR) is 71.7 cm³/mol. The first-order valence-corrected chi connectivity index (χ1v) is 6.46. The summed E-state index contributed by atoms with van der Waals surface area (Å²) in [6, 6.07) is 2.95. The van der Waals surface area contributed by atoms with E-state index in [0.717, 1.165) is 12.7 Å². The number of hydrogen-bond donors (Lipinski definition) is 0. The van der Waals surface area contributed by atoms with Crippen LogP contribution in [-0.2, 0) is 4.74 Å². The third kappa shape index (κ3) is 5.04. The van der Waals surface area contributed by atoms with Gasteiger partial charge in [0.1, 0.15) is 11.5 Å². The highest BCUT2D eigenvalue weighted by Gasteiger charge is 2.14. The molecular weight excluding hydrogens is 247 g/mol. The lowest BCUT2D eigenvalue weighted by molar-refractivity contribution is 0.0869. The summed E-state index contributed by atoms with van der Waals surface area (Å²) < 4.78 is 17.8. The molecule has 0 fully saturated rings. The van der Waals surface area contributed by atoms with Gasteiger partial charge in [-0.05, 0) is 25.6 Å².